The number of hydrogen-bond donors (Lipinski definition) is 2. The maximum Gasteiger partial charge on any atom is 0.265 e. The first-order valence-corrected chi connectivity index (χ1v) is 7.67. The Morgan fingerprint density at radius 1 is 1.14 bits per heavy atom. The molecular formula is C16H18N2O2S. The van der Waals surface area contributed by atoms with E-state index in [2.05, 4.69) is 10.6 Å². The molecule has 0 saturated heterocycles. The zero-order chi connectivity index (χ0) is 15.2. The van der Waals surface area contributed by atoms with E-state index in [0.29, 0.717) is 28.6 Å². The minimum Gasteiger partial charge on any atom is -0.352 e. The molecule has 1 heterocycles. The van der Waals surface area contributed by atoms with E-state index in [-0.39, 0.29) is 11.8 Å². The van der Waals surface area contributed by atoms with Crippen LogP contribution in [0.15, 0.2) is 41.8 Å². The summed E-state index contributed by atoms with van der Waals surface area (Å²) in [6.07, 6.45) is 0. The third-order valence-electron chi connectivity index (χ3n) is 2.80. The summed E-state index contributed by atoms with van der Waals surface area (Å²) in [5, 5.41) is 7.50. The topological polar surface area (TPSA) is 58.2 Å². The number of hydrogen-bond acceptors (Lipinski definition) is 3. The van der Waals surface area contributed by atoms with Gasteiger partial charge in [-0.05, 0) is 35.6 Å². The van der Waals surface area contributed by atoms with E-state index < -0.39 is 0 Å². The molecule has 2 aromatic rings. The highest BCUT2D eigenvalue weighted by atomic mass is 32.1. The van der Waals surface area contributed by atoms with Crippen molar-refractivity contribution in [1.82, 2.24) is 5.32 Å². The molecule has 2 amide bonds. The molecule has 0 atom stereocenters. The number of nitrogens with one attached hydrogen (secondary N) is 2. The van der Waals surface area contributed by atoms with Crippen LogP contribution < -0.4 is 10.6 Å². The molecule has 0 radical (unpaired) electrons. The second-order valence-electron chi connectivity index (χ2n) is 5.12. The van der Waals surface area contributed by atoms with E-state index in [1.807, 2.05) is 25.3 Å². The molecule has 5 heteroatoms. The first-order valence-electron chi connectivity index (χ1n) is 6.79. The number of carbonyl (C=O) groups excluding carboxylic acids is 2. The van der Waals surface area contributed by atoms with Crippen LogP contribution in [0.5, 0.6) is 0 Å². The standard InChI is InChI=1S/C16H18N2O2S/c1-11(2)10-17-15(19)12-5-3-6-13(9-12)18-16(20)14-7-4-8-21-14/h3-9,11H,10H2,1-2H3,(H,17,19)(H,18,20). The molecule has 2 N–H and O–H groups in total. The molecular weight excluding hydrogens is 284 g/mol. The number of carbonyl (C=O) groups is 2. The normalized spacial score (nSPS) is 10.4. The van der Waals surface area contributed by atoms with Gasteiger partial charge in [-0.25, -0.2) is 0 Å². The van der Waals surface area contributed by atoms with Gasteiger partial charge in [0.1, 0.15) is 0 Å². The fourth-order valence-electron chi connectivity index (χ4n) is 1.74. The average Bonchev–Trinajstić information content (AvgIpc) is 2.99. The van der Waals surface area contributed by atoms with Crippen LogP contribution in [0.2, 0.25) is 0 Å². The number of benzene rings is 1. The summed E-state index contributed by atoms with van der Waals surface area (Å²) in [6.45, 7) is 4.71. The molecule has 21 heavy (non-hydrogen) atoms. The summed E-state index contributed by atoms with van der Waals surface area (Å²) < 4.78 is 0. The predicted octanol–water partition coefficient (Wildman–Crippen LogP) is 3.39. The van der Waals surface area contributed by atoms with E-state index in [4.69, 9.17) is 0 Å². The fraction of sp³-hybridized carbons (Fsp3) is 0.250. The highest BCUT2D eigenvalue weighted by Crippen LogP contribution is 2.15. The molecule has 0 aliphatic rings. The Bertz CT molecular complexity index is 621. The van der Waals surface area contributed by atoms with E-state index >= 15 is 0 Å². The highest BCUT2D eigenvalue weighted by molar-refractivity contribution is 7.12. The maximum atomic E-state index is 12.0. The molecule has 110 valence electrons. The average molecular weight is 302 g/mol. The Labute approximate surface area is 128 Å². The Morgan fingerprint density at radius 3 is 2.62 bits per heavy atom. The number of thiophene rings is 1. The van der Waals surface area contributed by atoms with Gasteiger partial charge >= 0.3 is 0 Å². The van der Waals surface area contributed by atoms with Gasteiger partial charge < -0.3 is 10.6 Å². The molecule has 0 unspecified atom stereocenters. The van der Waals surface area contributed by atoms with Crippen LogP contribution in [0.1, 0.15) is 33.9 Å². The third-order valence-corrected chi connectivity index (χ3v) is 3.67. The van der Waals surface area contributed by atoms with Crippen LogP contribution >= 0.6 is 11.3 Å². The molecule has 0 saturated carbocycles. The maximum absolute atomic E-state index is 12.0. The number of rotatable bonds is 5. The molecule has 4 nitrogen and oxygen atoms in total. The quantitative estimate of drug-likeness (QED) is 0.889. The lowest BCUT2D eigenvalue weighted by Crippen LogP contribution is -2.27. The lowest BCUT2D eigenvalue weighted by atomic mass is 10.1. The molecule has 2 rings (SSSR count). The van der Waals surface area contributed by atoms with Crippen molar-refractivity contribution >= 4 is 28.8 Å². The van der Waals surface area contributed by atoms with E-state index in [0.717, 1.165) is 0 Å². The Kier molecular flexibility index (Phi) is 5.11. The largest absolute Gasteiger partial charge is 0.352 e. The Hall–Kier alpha value is -2.14. The first-order chi connectivity index (χ1) is 10.1. The van der Waals surface area contributed by atoms with Crippen molar-refractivity contribution < 1.29 is 9.59 Å². The molecule has 0 bridgehead atoms. The van der Waals surface area contributed by atoms with Gasteiger partial charge in [0.25, 0.3) is 11.8 Å². The van der Waals surface area contributed by atoms with Gasteiger partial charge in [0.15, 0.2) is 0 Å². The number of anilines is 1. The van der Waals surface area contributed by atoms with Crippen LogP contribution in [0.25, 0.3) is 0 Å². The van der Waals surface area contributed by atoms with Gasteiger partial charge in [0, 0.05) is 17.8 Å². The zero-order valence-corrected chi connectivity index (χ0v) is 12.9. The smallest absolute Gasteiger partial charge is 0.265 e. The third kappa shape index (κ3) is 4.43. The molecule has 0 fully saturated rings. The van der Waals surface area contributed by atoms with Crippen LogP contribution in [0.4, 0.5) is 5.69 Å². The highest BCUT2D eigenvalue weighted by Gasteiger charge is 2.10. The summed E-state index contributed by atoms with van der Waals surface area (Å²) in [7, 11) is 0. The van der Waals surface area contributed by atoms with Crippen LogP contribution in [-0.2, 0) is 0 Å². The molecule has 1 aromatic carbocycles. The SMILES string of the molecule is CC(C)CNC(=O)c1cccc(NC(=O)c2cccs2)c1. The Morgan fingerprint density at radius 2 is 1.95 bits per heavy atom. The predicted molar refractivity (Wildman–Crippen MR) is 85.9 cm³/mol. The van der Waals surface area contributed by atoms with Crippen molar-refractivity contribution in [2.24, 2.45) is 5.92 Å². The summed E-state index contributed by atoms with van der Waals surface area (Å²) in [4.78, 5) is 24.6. The van der Waals surface area contributed by atoms with Crippen LogP contribution in [0, 0.1) is 5.92 Å². The van der Waals surface area contributed by atoms with Gasteiger partial charge in [-0.2, -0.15) is 0 Å². The second-order valence-corrected chi connectivity index (χ2v) is 6.06. The summed E-state index contributed by atoms with van der Waals surface area (Å²) in [6, 6.07) is 10.5. The van der Waals surface area contributed by atoms with Crippen molar-refractivity contribution in [2.45, 2.75) is 13.8 Å². The minimum atomic E-state index is -0.162. The first kappa shape index (κ1) is 15.3. The van der Waals surface area contributed by atoms with Crippen molar-refractivity contribution in [3.8, 4) is 0 Å². The summed E-state index contributed by atoms with van der Waals surface area (Å²) in [5.41, 5.74) is 1.16. The van der Waals surface area contributed by atoms with Crippen molar-refractivity contribution in [1.29, 1.82) is 0 Å². The zero-order valence-electron chi connectivity index (χ0n) is 12.1. The second kappa shape index (κ2) is 7.04. The Balaban J connectivity index is 2.04. The van der Waals surface area contributed by atoms with Crippen LogP contribution in [0.3, 0.4) is 0 Å². The van der Waals surface area contributed by atoms with Gasteiger partial charge in [-0.3, -0.25) is 9.59 Å². The van der Waals surface area contributed by atoms with Gasteiger partial charge in [0.05, 0.1) is 4.88 Å². The molecule has 0 spiro atoms. The van der Waals surface area contributed by atoms with Crippen LogP contribution in [-0.4, -0.2) is 18.4 Å². The lowest BCUT2D eigenvalue weighted by molar-refractivity contribution is 0.0947. The minimum absolute atomic E-state index is 0.129. The van der Waals surface area contributed by atoms with E-state index in [1.165, 1.54) is 11.3 Å². The van der Waals surface area contributed by atoms with E-state index in [1.54, 1.807) is 30.3 Å². The van der Waals surface area contributed by atoms with Gasteiger partial charge in [-0.15, -0.1) is 11.3 Å². The number of amides is 2. The van der Waals surface area contributed by atoms with E-state index in [9.17, 15) is 9.59 Å². The lowest BCUT2D eigenvalue weighted by Gasteiger charge is -2.09. The molecule has 0 aliphatic carbocycles. The summed E-state index contributed by atoms with van der Waals surface area (Å²) >= 11 is 1.38. The van der Waals surface area contributed by atoms with Crippen molar-refractivity contribution in [2.75, 3.05) is 11.9 Å². The fourth-order valence-corrected chi connectivity index (χ4v) is 2.36. The van der Waals surface area contributed by atoms with Crippen molar-refractivity contribution in [3.63, 3.8) is 0 Å². The summed E-state index contributed by atoms with van der Waals surface area (Å²) in [5.74, 6) is 0.108. The van der Waals surface area contributed by atoms with Gasteiger partial charge in [0.2, 0.25) is 0 Å². The van der Waals surface area contributed by atoms with Crippen molar-refractivity contribution in [3.05, 3.63) is 52.2 Å². The monoisotopic (exact) mass is 302 g/mol. The molecule has 1 aromatic heterocycles. The molecule has 0 aliphatic heterocycles. The van der Waals surface area contributed by atoms with Gasteiger partial charge in [-0.1, -0.05) is 26.0 Å².